The number of fused-ring (bicyclic) bond motifs is 1. The molecule has 0 unspecified atom stereocenters. The first-order chi connectivity index (χ1) is 10.0. The quantitative estimate of drug-likeness (QED) is 0.267. The third kappa shape index (κ3) is 3.48. The first-order valence-corrected chi connectivity index (χ1v) is 7.49. The van der Waals surface area contributed by atoms with Crippen LogP contribution >= 0.6 is 15.9 Å². The molecule has 0 radical (unpaired) electrons. The minimum absolute atomic E-state index is 0.208. The Morgan fingerprint density at radius 2 is 1.86 bits per heavy atom. The van der Waals surface area contributed by atoms with Crippen LogP contribution in [0.3, 0.4) is 0 Å². The van der Waals surface area contributed by atoms with Gasteiger partial charge in [-0.15, -0.1) is 0 Å². The maximum absolute atomic E-state index is 12.2. The Labute approximate surface area is 130 Å². The molecule has 0 aliphatic carbocycles. The molecule has 1 aromatic rings. The third-order valence-electron chi connectivity index (χ3n) is 3.38. The van der Waals surface area contributed by atoms with Gasteiger partial charge in [-0.1, -0.05) is 22.4 Å². The van der Waals surface area contributed by atoms with Gasteiger partial charge in [-0.2, -0.15) is 0 Å². The van der Waals surface area contributed by atoms with E-state index in [1.807, 2.05) is 0 Å². The van der Waals surface area contributed by atoms with E-state index in [0.29, 0.717) is 36.9 Å². The van der Waals surface area contributed by atoms with Crippen LogP contribution in [0.1, 0.15) is 46.4 Å². The zero-order chi connectivity index (χ0) is 15.4. The van der Waals surface area contributed by atoms with Gasteiger partial charge < -0.3 is 0 Å². The number of nitrogens with zero attached hydrogens (tertiary/aromatic N) is 1. The molecule has 6 nitrogen and oxygen atoms in total. The number of amides is 3. The minimum atomic E-state index is -0.254. The summed E-state index contributed by atoms with van der Waals surface area (Å²) in [4.78, 5) is 36.5. The summed E-state index contributed by atoms with van der Waals surface area (Å²) in [5.41, 5.74) is 2.96. The maximum Gasteiger partial charge on any atom is 0.261 e. The number of halogens is 1. The van der Waals surface area contributed by atoms with Gasteiger partial charge in [0.05, 0.1) is 11.1 Å². The molecule has 0 spiro atoms. The number of carbonyl (C=O) groups excluding carboxylic acids is 3. The molecule has 0 fully saturated rings. The fraction of sp³-hybridized carbons (Fsp3) is 0.357. The molecule has 0 aromatic heterocycles. The topological polar surface area (TPSA) is 92.5 Å². The molecule has 1 aliphatic heterocycles. The number of hydrogen-bond acceptors (Lipinski definition) is 4. The summed E-state index contributed by atoms with van der Waals surface area (Å²) in [6.07, 6.45) is 2.46. The van der Waals surface area contributed by atoms with Crippen molar-refractivity contribution in [3.8, 4) is 0 Å². The molecule has 1 aromatic carbocycles. The van der Waals surface area contributed by atoms with E-state index in [9.17, 15) is 14.4 Å². The second kappa shape index (κ2) is 6.82. The highest BCUT2D eigenvalue weighted by Crippen LogP contribution is 2.26. The Kier molecular flexibility index (Phi) is 5.08. The van der Waals surface area contributed by atoms with Crippen molar-refractivity contribution in [3.05, 3.63) is 33.8 Å². The second-order valence-electron chi connectivity index (χ2n) is 4.83. The van der Waals surface area contributed by atoms with Crippen molar-refractivity contribution in [2.75, 3.05) is 6.54 Å². The number of carbonyl (C=O) groups is 3. The van der Waals surface area contributed by atoms with Gasteiger partial charge in [-0.25, -0.2) is 5.84 Å². The van der Waals surface area contributed by atoms with Crippen LogP contribution in [0.5, 0.6) is 0 Å². The zero-order valence-electron chi connectivity index (χ0n) is 11.4. The summed E-state index contributed by atoms with van der Waals surface area (Å²) in [7, 11) is 0. The van der Waals surface area contributed by atoms with E-state index in [1.165, 1.54) is 4.90 Å². The maximum atomic E-state index is 12.2. The van der Waals surface area contributed by atoms with Gasteiger partial charge in [0.15, 0.2) is 0 Å². The van der Waals surface area contributed by atoms with Gasteiger partial charge in [-0.05, 0) is 31.0 Å². The zero-order valence-corrected chi connectivity index (χ0v) is 13.0. The SMILES string of the molecule is NNC(=O)CCCCCN1C(=O)c2ccc(Br)cc2C1=O. The molecule has 7 heteroatoms. The number of unbranched alkanes of at least 4 members (excludes halogenated alkanes) is 2. The predicted molar refractivity (Wildman–Crippen MR) is 80.3 cm³/mol. The summed E-state index contributed by atoms with van der Waals surface area (Å²) in [5, 5.41) is 0. The molecule has 1 aliphatic rings. The van der Waals surface area contributed by atoms with Crippen molar-refractivity contribution in [2.45, 2.75) is 25.7 Å². The van der Waals surface area contributed by atoms with Gasteiger partial charge in [0.2, 0.25) is 5.91 Å². The normalized spacial score (nSPS) is 13.5. The van der Waals surface area contributed by atoms with Crippen LogP contribution < -0.4 is 11.3 Å². The minimum Gasteiger partial charge on any atom is -0.294 e. The molecule has 3 amide bonds. The highest BCUT2D eigenvalue weighted by Gasteiger charge is 2.34. The van der Waals surface area contributed by atoms with Crippen molar-refractivity contribution < 1.29 is 14.4 Å². The number of rotatable bonds is 6. The van der Waals surface area contributed by atoms with Gasteiger partial charge in [-0.3, -0.25) is 24.7 Å². The van der Waals surface area contributed by atoms with Crippen LogP contribution in [0, 0.1) is 0 Å². The number of benzene rings is 1. The lowest BCUT2D eigenvalue weighted by atomic mass is 10.1. The Balaban J connectivity index is 1.87. The van der Waals surface area contributed by atoms with E-state index in [4.69, 9.17) is 5.84 Å². The number of hydrogen-bond donors (Lipinski definition) is 2. The summed E-state index contributed by atoms with van der Waals surface area (Å²) >= 11 is 3.30. The highest BCUT2D eigenvalue weighted by atomic mass is 79.9. The van der Waals surface area contributed by atoms with Gasteiger partial charge in [0.1, 0.15) is 0 Å². The van der Waals surface area contributed by atoms with E-state index in [2.05, 4.69) is 21.4 Å². The smallest absolute Gasteiger partial charge is 0.261 e. The van der Waals surface area contributed by atoms with E-state index in [1.54, 1.807) is 18.2 Å². The van der Waals surface area contributed by atoms with Crippen LogP contribution in [0.15, 0.2) is 22.7 Å². The largest absolute Gasteiger partial charge is 0.294 e. The molecular formula is C14H16BrN3O3. The second-order valence-corrected chi connectivity index (χ2v) is 5.75. The van der Waals surface area contributed by atoms with Crippen molar-refractivity contribution in [1.82, 2.24) is 10.3 Å². The van der Waals surface area contributed by atoms with E-state index < -0.39 is 0 Å². The van der Waals surface area contributed by atoms with Gasteiger partial charge in [0.25, 0.3) is 11.8 Å². The van der Waals surface area contributed by atoms with Gasteiger partial charge >= 0.3 is 0 Å². The van der Waals surface area contributed by atoms with Crippen molar-refractivity contribution in [3.63, 3.8) is 0 Å². The van der Waals surface area contributed by atoms with Crippen molar-refractivity contribution >= 4 is 33.7 Å². The Bertz CT molecular complexity index is 589. The molecule has 0 bridgehead atoms. The highest BCUT2D eigenvalue weighted by molar-refractivity contribution is 9.10. The molecule has 0 saturated carbocycles. The number of nitrogens with two attached hydrogens (primary N) is 1. The van der Waals surface area contributed by atoms with Gasteiger partial charge in [0, 0.05) is 17.4 Å². The van der Waals surface area contributed by atoms with Crippen LogP contribution in [-0.2, 0) is 4.79 Å². The Morgan fingerprint density at radius 1 is 1.14 bits per heavy atom. The molecule has 0 saturated heterocycles. The standard InChI is InChI=1S/C14H16BrN3O3/c15-9-5-6-10-11(8-9)14(21)18(13(10)20)7-3-1-2-4-12(19)17-16/h5-6,8H,1-4,7,16H2,(H,17,19). The molecule has 112 valence electrons. The Hall–Kier alpha value is -1.73. The van der Waals surface area contributed by atoms with E-state index in [-0.39, 0.29) is 17.7 Å². The number of hydrazine groups is 1. The average Bonchev–Trinajstić information content (AvgIpc) is 2.70. The summed E-state index contributed by atoms with van der Waals surface area (Å²) in [6, 6.07) is 5.07. The molecule has 1 heterocycles. The van der Waals surface area contributed by atoms with Crippen LogP contribution in [0.4, 0.5) is 0 Å². The van der Waals surface area contributed by atoms with E-state index >= 15 is 0 Å². The lowest BCUT2D eigenvalue weighted by Gasteiger charge is -2.13. The summed E-state index contributed by atoms with van der Waals surface area (Å²) < 4.78 is 0.775. The number of imide groups is 1. The first-order valence-electron chi connectivity index (χ1n) is 6.70. The molecule has 3 N–H and O–H groups in total. The lowest BCUT2D eigenvalue weighted by Crippen LogP contribution is -2.31. The van der Waals surface area contributed by atoms with Crippen LogP contribution in [0.25, 0.3) is 0 Å². The van der Waals surface area contributed by atoms with Crippen LogP contribution in [-0.4, -0.2) is 29.2 Å². The number of nitrogens with one attached hydrogen (secondary N) is 1. The van der Waals surface area contributed by atoms with Crippen LogP contribution in [0.2, 0.25) is 0 Å². The lowest BCUT2D eigenvalue weighted by molar-refractivity contribution is -0.121. The molecule has 21 heavy (non-hydrogen) atoms. The van der Waals surface area contributed by atoms with E-state index in [0.717, 1.165) is 10.9 Å². The summed E-state index contributed by atoms with van der Waals surface area (Å²) in [6.45, 7) is 0.369. The third-order valence-corrected chi connectivity index (χ3v) is 3.87. The fourth-order valence-corrected chi connectivity index (χ4v) is 2.63. The molecule has 2 rings (SSSR count). The fourth-order valence-electron chi connectivity index (χ4n) is 2.27. The molecular weight excluding hydrogens is 338 g/mol. The predicted octanol–water partition coefficient (Wildman–Crippen LogP) is 1.60. The monoisotopic (exact) mass is 353 g/mol. The summed E-state index contributed by atoms with van der Waals surface area (Å²) in [5.74, 6) is 4.27. The average molecular weight is 354 g/mol. The van der Waals surface area contributed by atoms with Crippen molar-refractivity contribution in [2.24, 2.45) is 5.84 Å². The van der Waals surface area contributed by atoms with Crippen molar-refractivity contribution in [1.29, 1.82) is 0 Å². The molecule has 0 atom stereocenters. The Morgan fingerprint density at radius 3 is 2.57 bits per heavy atom. The first kappa shape index (κ1) is 15.7.